The predicted octanol–water partition coefficient (Wildman–Crippen LogP) is 1.46. The summed E-state index contributed by atoms with van der Waals surface area (Å²) in [7, 11) is 0. The Morgan fingerprint density at radius 1 is 1.19 bits per heavy atom. The highest BCUT2D eigenvalue weighted by Crippen LogP contribution is 2.49. The number of amides is 4. The van der Waals surface area contributed by atoms with Gasteiger partial charge in [0.1, 0.15) is 11.1 Å². The van der Waals surface area contributed by atoms with Crippen LogP contribution in [0.2, 0.25) is 0 Å². The average molecular weight is 299 g/mol. The lowest BCUT2D eigenvalue weighted by molar-refractivity contribution is -0.141. The molecular weight excluding hydrogens is 291 g/mol. The number of hydrogen-bond donors (Lipinski definition) is 1. The molecule has 6 nitrogen and oxygen atoms in total. The number of aromatic nitrogens is 1. The van der Waals surface area contributed by atoms with E-state index >= 15 is 0 Å². The van der Waals surface area contributed by atoms with Crippen LogP contribution in [0.15, 0.2) is 18.3 Å². The maximum atomic E-state index is 12.4. The first-order valence-electron chi connectivity index (χ1n) is 5.99. The summed E-state index contributed by atoms with van der Waals surface area (Å²) in [5.74, 6) is -1.38. The number of alkyl halides is 3. The number of barbiturate groups is 1. The first-order valence-corrected chi connectivity index (χ1v) is 5.99. The van der Waals surface area contributed by atoms with E-state index < -0.39 is 35.1 Å². The summed E-state index contributed by atoms with van der Waals surface area (Å²) < 4.78 is 37.3. The van der Waals surface area contributed by atoms with Crippen molar-refractivity contribution in [3.63, 3.8) is 0 Å². The second-order valence-corrected chi connectivity index (χ2v) is 4.88. The van der Waals surface area contributed by atoms with E-state index in [0.29, 0.717) is 23.8 Å². The van der Waals surface area contributed by atoms with Crippen LogP contribution < -0.4 is 10.2 Å². The molecule has 0 aromatic carbocycles. The van der Waals surface area contributed by atoms with Crippen LogP contribution in [0.25, 0.3) is 0 Å². The maximum Gasteiger partial charge on any atom is 0.433 e. The molecule has 0 bridgehead atoms. The molecule has 0 atom stereocenters. The smallest absolute Gasteiger partial charge is 0.276 e. The van der Waals surface area contributed by atoms with E-state index in [4.69, 9.17) is 0 Å². The summed E-state index contributed by atoms with van der Waals surface area (Å²) in [6, 6.07) is 0.662. The van der Waals surface area contributed by atoms with Crippen LogP contribution in [0.4, 0.5) is 23.7 Å². The molecule has 21 heavy (non-hydrogen) atoms. The monoisotopic (exact) mass is 299 g/mol. The second-order valence-electron chi connectivity index (χ2n) is 4.88. The van der Waals surface area contributed by atoms with Gasteiger partial charge in [-0.05, 0) is 25.0 Å². The summed E-state index contributed by atoms with van der Waals surface area (Å²) in [6.45, 7) is 0. The van der Waals surface area contributed by atoms with E-state index in [1.165, 1.54) is 0 Å². The van der Waals surface area contributed by atoms with Crippen molar-refractivity contribution >= 4 is 23.5 Å². The third-order valence-corrected chi connectivity index (χ3v) is 3.52. The van der Waals surface area contributed by atoms with E-state index in [-0.39, 0.29) is 5.69 Å². The fraction of sp³-hybridized carbons (Fsp3) is 0.333. The Morgan fingerprint density at radius 2 is 1.86 bits per heavy atom. The molecule has 2 heterocycles. The SMILES string of the molecule is O=C1NC(=O)C2(CC2)C(=O)N1c1ccc(C(F)(F)F)nc1. The van der Waals surface area contributed by atoms with E-state index in [0.717, 1.165) is 12.3 Å². The van der Waals surface area contributed by atoms with Gasteiger partial charge in [-0.25, -0.2) is 14.7 Å². The Bertz CT molecular complexity index is 650. The lowest BCUT2D eigenvalue weighted by Gasteiger charge is -2.29. The summed E-state index contributed by atoms with van der Waals surface area (Å²) >= 11 is 0. The molecule has 4 amide bonds. The first kappa shape index (κ1) is 13.5. The minimum Gasteiger partial charge on any atom is -0.276 e. The van der Waals surface area contributed by atoms with Gasteiger partial charge in [-0.2, -0.15) is 13.2 Å². The van der Waals surface area contributed by atoms with Crippen LogP contribution in [0.3, 0.4) is 0 Å². The highest BCUT2D eigenvalue weighted by molar-refractivity contribution is 6.31. The molecule has 2 aliphatic rings. The van der Waals surface area contributed by atoms with Crippen molar-refractivity contribution in [3.8, 4) is 0 Å². The molecule has 0 unspecified atom stereocenters. The molecule has 0 radical (unpaired) electrons. The molecule has 3 rings (SSSR count). The van der Waals surface area contributed by atoms with Crippen LogP contribution in [0.1, 0.15) is 18.5 Å². The minimum atomic E-state index is -4.61. The minimum absolute atomic E-state index is 0.107. The molecule has 1 aliphatic heterocycles. The number of nitrogens with one attached hydrogen (secondary N) is 1. The maximum absolute atomic E-state index is 12.4. The Kier molecular flexibility index (Phi) is 2.59. The topological polar surface area (TPSA) is 79.4 Å². The molecule has 1 aliphatic carbocycles. The standard InChI is InChI=1S/C12H8F3N3O3/c13-12(14,15)7-2-1-6(5-16-7)18-9(20)11(3-4-11)8(19)17-10(18)21/h1-2,5H,3-4H2,(H,17,19,21). The van der Waals surface area contributed by atoms with Gasteiger partial charge < -0.3 is 0 Å². The molecule has 1 N–H and O–H groups in total. The molecule has 1 spiro atoms. The van der Waals surface area contributed by atoms with Gasteiger partial charge in [-0.1, -0.05) is 0 Å². The van der Waals surface area contributed by atoms with Gasteiger partial charge in [0.2, 0.25) is 5.91 Å². The molecule has 9 heteroatoms. The summed E-state index contributed by atoms with van der Waals surface area (Å²) in [5.41, 5.74) is -2.49. The van der Waals surface area contributed by atoms with E-state index in [1.807, 2.05) is 5.32 Å². The number of halogens is 3. The number of rotatable bonds is 1. The number of nitrogens with zero attached hydrogens (tertiary/aromatic N) is 2. The van der Waals surface area contributed by atoms with Gasteiger partial charge in [0.15, 0.2) is 0 Å². The molecule has 1 aromatic rings. The summed E-state index contributed by atoms with van der Waals surface area (Å²) in [5, 5.41) is 2.03. The van der Waals surface area contributed by atoms with Crippen LogP contribution in [0.5, 0.6) is 0 Å². The Balaban J connectivity index is 1.94. The van der Waals surface area contributed by atoms with E-state index in [1.54, 1.807) is 0 Å². The highest BCUT2D eigenvalue weighted by Gasteiger charge is 2.62. The van der Waals surface area contributed by atoms with Crippen LogP contribution in [-0.2, 0) is 15.8 Å². The fourth-order valence-electron chi connectivity index (χ4n) is 2.16. The zero-order valence-electron chi connectivity index (χ0n) is 10.4. The largest absolute Gasteiger partial charge is 0.433 e. The van der Waals surface area contributed by atoms with Gasteiger partial charge >= 0.3 is 12.2 Å². The van der Waals surface area contributed by atoms with Crippen LogP contribution in [0, 0.1) is 5.41 Å². The van der Waals surface area contributed by atoms with Crippen molar-refractivity contribution < 1.29 is 27.6 Å². The van der Waals surface area contributed by atoms with Gasteiger partial charge in [-0.15, -0.1) is 0 Å². The zero-order valence-corrected chi connectivity index (χ0v) is 10.4. The van der Waals surface area contributed by atoms with E-state index in [2.05, 4.69) is 4.98 Å². The predicted molar refractivity (Wildman–Crippen MR) is 61.9 cm³/mol. The quantitative estimate of drug-likeness (QED) is 0.796. The summed E-state index contributed by atoms with van der Waals surface area (Å²) in [4.78, 5) is 39.4. The lowest BCUT2D eigenvalue weighted by Crippen LogP contribution is -2.59. The fourth-order valence-corrected chi connectivity index (χ4v) is 2.16. The molecular formula is C12H8F3N3O3. The van der Waals surface area contributed by atoms with Crippen LogP contribution in [-0.4, -0.2) is 22.8 Å². The van der Waals surface area contributed by atoms with Crippen molar-refractivity contribution in [2.24, 2.45) is 5.41 Å². The van der Waals surface area contributed by atoms with Crippen LogP contribution >= 0.6 is 0 Å². The zero-order chi connectivity index (χ0) is 15.4. The number of imide groups is 2. The molecule has 2 fully saturated rings. The number of urea groups is 1. The van der Waals surface area contributed by atoms with Crippen molar-refractivity contribution in [2.75, 3.05) is 4.90 Å². The Morgan fingerprint density at radius 3 is 2.33 bits per heavy atom. The van der Waals surface area contributed by atoms with Gasteiger partial charge in [0.25, 0.3) is 5.91 Å². The Labute approximate surface area is 115 Å². The van der Waals surface area contributed by atoms with Crippen molar-refractivity contribution in [1.82, 2.24) is 10.3 Å². The van der Waals surface area contributed by atoms with Crippen molar-refractivity contribution in [2.45, 2.75) is 19.0 Å². The van der Waals surface area contributed by atoms with Gasteiger partial charge in [0.05, 0.1) is 11.9 Å². The summed E-state index contributed by atoms with van der Waals surface area (Å²) in [6.07, 6.45) is -3.20. The number of carbonyl (C=O) groups excluding carboxylic acids is 3. The number of carbonyl (C=O) groups is 3. The average Bonchev–Trinajstić information content (AvgIpc) is 3.18. The lowest BCUT2D eigenvalue weighted by atomic mass is 10.0. The Hall–Kier alpha value is -2.45. The normalized spacial score (nSPS) is 20.7. The third kappa shape index (κ3) is 1.96. The van der Waals surface area contributed by atoms with Crippen molar-refractivity contribution in [3.05, 3.63) is 24.0 Å². The second kappa shape index (κ2) is 4.03. The highest BCUT2D eigenvalue weighted by atomic mass is 19.4. The van der Waals surface area contributed by atoms with Gasteiger partial charge in [-0.3, -0.25) is 14.9 Å². The van der Waals surface area contributed by atoms with Crippen molar-refractivity contribution in [1.29, 1.82) is 0 Å². The number of pyridine rings is 1. The number of anilines is 1. The molecule has 1 aromatic heterocycles. The number of hydrogen-bond acceptors (Lipinski definition) is 4. The third-order valence-electron chi connectivity index (χ3n) is 3.52. The molecule has 110 valence electrons. The molecule has 1 saturated carbocycles. The molecule has 1 saturated heterocycles. The first-order chi connectivity index (χ1) is 9.75. The van der Waals surface area contributed by atoms with E-state index in [9.17, 15) is 27.6 Å². The van der Waals surface area contributed by atoms with Gasteiger partial charge in [0, 0.05) is 0 Å².